The number of rotatable bonds is 3. The lowest BCUT2D eigenvalue weighted by molar-refractivity contribution is 0.0843. The molecule has 3 aromatic rings. The van der Waals surface area contributed by atoms with Crippen LogP contribution in [0.15, 0.2) is 47.3 Å². The van der Waals surface area contributed by atoms with Gasteiger partial charge in [-0.15, -0.1) is 0 Å². The molecule has 1 aromatic heterocycles. The second-order valence-corrected chi connectivity index (χ2v) is 6.30. The highest BCUT2D eigenvalue weighted by Crippen LogP contribution is 2.13. The average Bonchev–Trinajstić information content (AvgIpc) is 2.65. The van der Waals surface area contributed by atoms with E-state index in [1.54, 1.807) is 43.3 Å². The minimum absolute atomic E-state index is 0.0766. The van der Waals surface area contributed by atoms with Crippen molar-refractivity contribution in [3.8, 4) is 0 Å². The number of hydrazine groups is 1. The second-order valence-electron chi connectivity index (χ2n) is 6.30. The third-order valence-electron chi connectivity index (χ3n) is 4.16. The van der Waals surface area contributed by atoms with Crippen LogP contribution >= 0.6 is 0 Å². The molecule has 2 amide bonds. The third kappa shape index (κ3) is 3.72. The van der Waals surface area contributed by atoms with Crippen LogP contribution in [0.2, 0.25) is 0 Å². The van der Waals surface area contributed by atoms with E-state index in [0.717, 1.165) is 11.1 Å². The molecule has 0 saturated carbocycles. The fourth-order valence-corrected chi connectivity index (χ4v) is 2.97. The summed E-state index contributed by atoms with van der Waals surface area (Å²) in [5.74, 6) is -1.02. The number of hydrogen-bond acceptors (Lipinski definition) is 4. The van der Waals surface area contributed by atoms with E-state index in [1.165, 1.54) is 4.68 Å². The van der Waals surface area contributed by atoms with Crippen molar-refractivity contribution in [3.05, 3.63) is 75.2 Å². The van der Waals surface area contributed by atoms with Crippen LogP contribution in [0.25, 0.3) is 10.8 Å². The molecule has 0 aliphatic heterocycles. The molecule has 0 bridgehead atoms. The van der Waals surface area contributed by atoms with Crippen LogP contribution in [0.3, 0.4) is 0 Å². The maximum absolute atomic E-state index is 12.6. The summed E-state index contributed by atoms with van der Waals surface area (Å²) in [5, 5.41) is 4.98. The zero-order valence-corrected chi connectivity index (χ0v) is 15.4. The lowest BCUT2D eigenvalue weighted by Gasteiger charge is -2.11. The molecular weight excluding hydrogens is 344 g/mol. The van der Waals surface area contributed by atoms with Crippen molar-refractivity contribution in [1.82, 2.24) is 20.6 Å². The summed E-state index contributed by atoms with van der Waals surface area (Å²) in [4.78, 5) is 37.3. The molecular formula is C20H20N4O3. The van der Waals surface area contributed by atoms with Crippen molar-refractivity contribution < 1.29 is 9.59 Å². The molecule has 27 heavy (non-hydrogen) atoms. The zero-order chi connectivity index (χ0) is 19.6. The molecule has 0 aliphatic rings. The molecule has 0 saturated heterocycles. The summed E-state index contributed by atoms with van der Waals surface area (Å²) in [6, 6.07) is 12.2. The first-order valence-electron chi connectivity index (χ1n) is 8.59. The predicted molar refractivity (Wildman–Crippen MR) is 103 cm³/mol. The molecule has 3 rings (SSSR count). The smallest absolute Gasteiger partial charge is 0.267 e. The number of nitrogens with one attached hydrogen (secondary N) is 2. The minimum Gasteiger partial charge on any atom is -0.267 e. The molecule has 2 N–H and O–H groups in total. The highest BCUT2D eigenvalue weighted by Gasteiger charge is 2.17. The Morgan fingerprint density at radius 1 is 0.963 bits per heavy atom. The van der Waals surface area contributed by atoms with Crippen LogP contribution in [-0.2, 0) is 6.54 Å². The summed E-state index contributed by atoms with van der Waals surface area (Å²) < 4.78 is 1.23. The van der Waals surface area contributed by atoms with Gasteiger partial charge in [0.25, 0.3) is 17.4 Å². The van der Waals surface area contributed by atoms with Crippen molar-refractivity contribution in [2.24, 2.45) is 0 Å². The number of benzene rings is 2. The van der Waals surface area contributed by atoms with E-state index in [4.69, 9.17) is 0 Å². The zero-order valence-electron chi connectivity index (χ0n) is 15.4. The van der Waals surface area contributed by atoms with Crippen molar-refractivity contribution in [1.29, 1.82) is 0 Å². The van der Waals surface area contributed by atoms with Gasteiger partial charge in [0.1, 0.15) is 0 Å². The van der Waals surface area contributed by atoms with Crippen LogP contribution in [0, 0.1) is 13.8 Å². The summed E-state index contributed by atoms with van der Waals surface area (Å²) >= 11 is 0. The van der Waals surface area contributed by atoms with E-state index < -0.39 is 11.8 Å². The molecule has 0 unspecified atom stereocenters. The highest BCUT2D eigenvalue weighted by atomic mass is 16.2. The quantitative estimate of drug-likeness (QED) is 0.696. The van der Waals surface area contributed by atoms with E-state index in [2.05, 4.69) is 16.0 Å². The maximum atomic E-state index is 12.6. The normalized spacial score (nSPS) is 10.6. The van der Waals surface area contributed by atoms with E-state index in [1.807, 2.05) is 19.9 Å². The average molecular weight is 364 g/mol. The van der Waals surface area contributed by atoms with Gasteiger partial charge in [-0.25, -0.2) is 4.68 Å². The topological polar surface area (TPSA) is 93.1 Å². The maximum Gasteiger partial charge on any atom is 0.290 e. The molecule has 7 heteroatoms. The van der Waals surface area contributed by atoms with Crippen molar-refractivity contribution in [2.45, 2.75) is 27.3 Å². The molecule has 1 heterocycles. The number of carbonyl (C=O) groups is 2. The Hall–Kier alpha value is -3.48. The van der Waals surface area contributed by atoms with Gasteiger partial charge in [-0.1, -0.05) is 35.4 Å². The van der Waals surface area contributed by atoms with Gasteiger partial charge in [0.2, 0.25) is 0 Å². The fourth-order valence-electron chi connectivity index (χ4n) is 2.97. The summed E-state index contributed by atoms with van der Waals surface area (Å²) in [5.41, 5.74) is 6.96. The molecule has 0 radical (unpaired) electrons. The number of fused-ring (bicyclic) bond motifs is 1. The molecule has 0 spiro atoms. The molecule has 7 nitrogen and oxygen atoms in total. The number of amides is 2. The van der Waals surface area contributed by atoms with Gasteiger partial charge in [0.05, 0.1) is 5.39 Å². The van der Waals surface area contributed by atoms with Gasteiger partial charge in [-0.2, -0.15) is 5.10 Å². The molecule has 0 fully saturated rings. The van der Waals surface area contributed by atoms with Crippen LogP contribution in [0.4, 0.5) is 0 Å². The van der Waals surface area contributed by atoms with Gasteiger partial charge in [-0.05, 0) is 39.0 Å². The number of hydrogen-bond donors (Lipinski definition) is 2. The number of carbonyl (C=O) groups excluding carboxylic acids is 2. The standard InChI is InChI=1S/C20H20N4O3/c1-4-24-20(27)16-8-6-5-7-15(16)17(23-24)19(26)22-21-18(25)14-10-12(2)9-13(3)11-14/h5-11H,4H2,1-3H3,(H,21,25)(H,22,26). The van der Waals surface area contributed by atoms with E-state index in [9.17, 15) is 14.4 Å². The summed E-state index contributed by atoms with van der Waals surface area (Å²) in [6.45, 7) is 5.89. The molecule has 2 aromatic carbocycles. The Balaban J connectivity index is 1.87. The fraction of sp³-hybridized carbons (Fsp3) is 0.200. The SMILES string of the molecule is CCn1nc(C(=O)NNC(=O)c2cc(C)cc(C)c2)c2ccccc2c1=O. The number of aryl methyl sites for hydroxylation is 3. The highest BCUT2D eigenvalue weighted by molar-refractivity contribution is 6.06. The Bertz CT molecular complexity index is 1080. The van der Waals surface area contributed by atoms with E-state index in [0.29, 0.717) is 22.9 Å². The lowest BCUT2D eigenvalue weighted by Crippen LogP contribution is -2.42. The van der Waals surface area contributed by atoms with Crippen LogP contribution in [0.1, 0.15) is 38.9 Å². The first kappa shape index (κ1) is 18.3. The van der Waals surface area contributed by atoms with Gasteiger partial charge >= 0.3 is 0 Å². The van der Waals surface area contributed by atoms with Gasteiger partial charge < -0.3 is 0 Å². The Kier molecular flexibility index (Phi) is 5.03. The van der Waals surface area contributed by atoms with E-state index in [-0.39, 0.29) is 11.3 Å². The van der Waals surface area contributed by atoms with Gasteiger partial charge in [-0.3, -0.25) is 25.2 Å². The van der Waals surface area contributed by atoms with E-state index >= 15 is 0 Å². The minimum atomic E-state index is -0.592. The van der Waals surface area contributed by atoms with Gasteiger partial charge in [0, 0.05) is 17.5 Å². The predicted octanol–water partition coefficient (Wildman–Crippen LogP) is 2.11. The monoisotopic (exact) mass is 364 g/mol. The van der Waals surface area contributed by atoms with Gasteiger partial charge in [0.15, 0.2) is 5.69 Å². The van der Waals surface area contributed by atoms with Crippen molar-refractivity contribution in [3.63, 3.8) is 0 Å². The largest absolute Gasteiger partial charge is 0.290 e. The summed E-state index contributed by atoms with van der Waals surface area (Å²) in [6.07, 6.45) is 0. The molecule has 0 aliphatic carbocycles. The van der Waals surface area contributed by atoms with Crippen LogP contribution < -0.4 is 16.4 Å². The summed E-state index contributed by atoms with van der Waals surface area (Å²) in [7, 11) is 0. The van der Waals surface area contributed by atoms with Crippen molar-refractivity contribution in [2.75, 3.05) is 0 Å². The first-order chi connectivity index (χ1) is 12.9. The number of aromatic nitrogens is 2. The van der Waals surface area contributed by atoms with Crippen molar-refractivity contribution >= 4 is 22.6 Å². The van der Waals surface area contributed by atoms with Crippen LogP contribution in [-0.4, -0.2) is 21.6 Å². The first-order valence-corrected chi connectivity index (χ1v) is 8.59. The Morgan fingerprint density at radius 2 is 1.56 bits per heavy atom. The van der Waals surface area contributed by atoms with Crippen LogP contribution in [0.5, 0.6) is 0 Å². The Labute approximate surface area is 156 Å². The Morgan fingerprint density at radius 3 is 2.19 bits per heavy atom. The second kappa shape index (κ2) is 7.41. The molecule has 138 valence electrons. The molecule has 0 atom stereocenters. The lowest BCUT2D eigenvalue weighted by atomic mass is 10.1. The third-order valence-corrected chi connectivity index (χ3v) is 4.16. The number of nitrogens with zero attached hydrogens (tertiary/aromatic N) is 2.